The van der Waals surface area contributed by atoms with Crippen molar-refractivity contribution in [2.45, 2.75) is 31.5 Å². The molecule has 4 N–H and O–H groups in total. The molecule has 0 saturated carbocycles. The predicted molar refractivity (Wildman–Crippen MR) is 39.1 cm³/mol. The first-order valence-electron chi connectivity index (χ1n) is 3.88. The second-order valence-corrected chi connectivity index (χ2v) is 3.09. The van der Waals surface area contributed by atoms with Gasteiger partial charge in [-0.2, -0.15) is 0 Å². The van der Waals surface area contributed by atoms with E-state index in [9.17, 15) is 5.11 Å². The molecule has 0 bridgehead atoms. The van der Waals surface area contributed by atoms with Crippen LogP contribution in [0.5, 0.6) is 0 Å². The Bertz CT molecular complexity index is 146. The van der Waals surface area contributed by atoms with Crippen molar-refractivity contribution >= 4 is 0 Å². The van der Waals surface area contributed by atoms with Crippen LogP contribution in [0.25, 0.3) is 0 Å². The van der Waals surface area contributed by atoms with Crippen molar-refractivity contribution in [2.75, 3.05) is 6.61 Å². The van der Waals surface area contributed by atoms with Crippen molar-refractivity contribution in [3.05, 3.63) is 0 Å². The van der Waals surface area contributed by atoms with Crippen LogP contribution < -0.4 is 0 Å². The van der Waals surface area contributed by atoms with Crippen molar-refractivity contribution in [1.82, 2.24) is 0 Å². The highest BCUT2D eigenvalue weighted by atomic mass is 16.6. The van der Waals surface area contributed by atoms with Gasteiger partial charge in [-0.1, -0.05) is 6.92 Å². The Morgan fingerprint density at radius 2 is 1.75 bits per heavy atom. The van der Waals surface area contributed by atoms with Gasteiger partial charge in [-0.15, -0.1) is 0 Å². The molecule has 0 radical (unpaired) electrons. The molecule has 0 aromatic rings. The van der Waals surface area contributed by atoms with E-state index in [1.807, 2.05) is 0 Å². The van der Waals surface area contributed by atoms with Gasteiger partial charge in [0, 0.05) is 5.92 Å². The number of hydrogen-bond acceptors (Lipinski definition) is 5. The highest BCUT2D eigenvalue weighted by Crippen LogP contribution is 2.24. The minimum Gasteiger partial charge on any atom is -0.394 e. The second kappa shape index (κ2) is 3.68. The van der Waals surface area contributed by atoms with Crippen molar-refractivity contribution in [2.24, 2.45) is 5.92 Å². The number of rotatable bonds is 1. The third-order valence-corrected chi connectivity index (χ3v) is 2.26. The van der Waals surface area contributed by atoms with Crippen LogP contribution in [-0.4, -0.2) is 51.6 Å². The van der Waals surface area contributed by atoms with Crippen LogP contribution in [0.2, 0.25) is 0 Å². The van der Waals surface area contributed by atoms with Gasteiger partial charge in [-0.3, -0.25) is 0 Å². The van der Waals surface area contributed by atoms with E-state index in [1.54, 1.807) is 6.92 Å². The third-order valence-electron chi connectivity index (χ3n) is 2.26. The monoisotopic (exact) mass is 178 g/mol. The molecule has 5 heteroatoms. The van der Waals surface area contributed by atoms with Crippen LogP contribution in [0.1, 0.15) is 6.92 Å². The zero-order chi connectivity index (χ0) is 9.30. The number of hydrogen-bond donors (Lipinski definition) is 4. The van der Waals surface area contributed by atoms with Gasteiger partial charge in [0.2, 0.25) is 0 Å². The Labute approximate surface area is 70.2 Å². The average molecular weight is 178 g/mol. The van der Waals surface area contributed by atoms with Gasteiger partial charge in [-0.25, -0.2) is 0 Å². The van der Waals surface area contributed by atoms with E-state index in [1.165, 1.54) is 0 Å². The van der Waals surface area contributed by atoms with Crippen LogP contribution in [0, 0.1) is 5.92 Å². The third kappa shape index (κ3) is 1.60. The van der Waals surface area contributed by atoms with E-state index in [2.05, 4.69) is 0 Å². The van der Waals surface area contributed by atoms with E-state index in [-0.39, 0.29) is 12.5 Å². The van der Waals surface area contributed by atoms with E-state index >= 15 is 0 Å². The van der Waals surface area contributed by atoms with Crippen molar-refractivity contribution in [3.8, 4) is 0 Å². The Kier molecular flexibility index (Phi) is 3.03. The lowest BCUT2D eigenvalue weighted by Crippen LogP contribution is -2.54. The maximum atomic E-state index is 9.32. The van der Waals surface area contributed by atoms with Crippen LogP contribution >= 0.6 is 0 Å². The maximum absolute atomic E-state index is 9.32. The van der Waals surface area contributed by atoms with E-state index in [0.717, 1.165) is 0 Å². The summed E-state index contributed by atoms with van der Waals surface area (Å²) in [6.07, 6.45) is -4.36. The van der Waals surface area contributed by atoms with Gasteiger partial charge in [0.1, 0.15) is 6.10 Å². The molecule has 1 aliphatic rings. The standard InChI is InChI=1S/C7H14O5/c1-3-4(2-8)12-7(11)6(10)5(3)9/h3-11H,2H2,1H3/t3-,4-,5+,6-,7+/m1/s1. The lowest BCUT2D eigenvalue weighted by atomic mass is 9.91. The zero-order valence-electron chi connectivity index (χ0n) is 6.79. The van der Waals surface area contributed by atoms with Crippen LogP contribution in [0.3, 0.4) is 0 Å². The molecule has 0 aromatic carbocycles. The van der Waals surface area contributed by atoms with Crippen molar-refractivity contribution in [3.63, 3.8) is 0 Å². The fourth-order valence-electron chi connectivity index (χ4n) is 1.29. The molecule has 0 spiro atoms. The van der Waals surface area contributed by atoms with Gasteiger partial charge >= 0.3 is 0 Å². The molecule has 1 heterocycles. The Hall–Kier alpha value is -0.200. The quantitative estimate of drug-likeness (QED) is 0.375. The Morgan fingerprint density at radius 1 is 1.17 bits per heavy atom. The van der Waals surface area contributed by atoms with Crippen molar-refractivity contribution in [1.29, 1.82) is 0 Å². The van der Waals surface area contributed by atoms with Crippen molar-refractivity contribution < 1.29 is 25.2 Å². The molecule has 5 nitrogen and oxygen atoms in total. The SMILES string of the molecule is C[C@H]1[C@H](O)[C@@H](O)[C@@H](O)O[C@@H]1CO. The smallest absolute Gasteiger partial charge is 0.183 e. The minimum atomic E-state index is -1.41. The summed E-state index contributed by atoms with van der Waals surface area (Å²) < 4.78 is 4.83. The Morgan fingerprint density at radius 3 is 2.25 bits per heavy atom. The summed E-state index contributed by atoms with van der Waals surface area (Å²) in [7, 11) is 0. The average Bonchev–Trinajstić information content (AvgIpc) is 2.08. The van der Waals surface area contributed by atoms with Crippen LogP contribution in [-0.2, 0) is 4.74 Å². The number of aliphatic hydroxyl groups is 4. The first-order valence-corrected chi connectivity index (χ1v) is 3.88. The van der Waals surface area contributed by atoms with E-state index < -0.39 is 24.6 Å². The fraction of sp³-hybridized carbons (Fsp3) is 1.00. The molecule has 5 atom stereocenters. The lowest BCUT2D eigenvalue weighted by Gasteiger charge is -2.38. The number of aliphatic hydroxyl groups excluding tert-OH is 4. The highest BCUT2D eigenvalue weighted by Gasteiger charge is 2.40. The summed E-state index contributed by atoms with van der Waals surface area (Å²) >= 11 is 0. The summed E-state index contributed by atoms with van der Waals surface area (Å²) in [4.78, 5) is 0. The molecule has 12 heavy (non-hydrogen) atoms. The van der Waals surface area contributed by atoms with E-state index in [0.29, 0.717) is 0 Å². The minimum absolute atomic E-state index is 0.276. The zero-order valence-corrected chi connectivity index (χ0v) is 6.79. The molecule has 0 amide bonds. The fourth-order valence-corrected chi connectivity index (χ4v) is 1.29. The molecule has 1 saturated heterocycles. The molecular formula is C7H14O5. The summed E-state index contributed by atoms with van der Waals surface area (Å²) in [5.41, 5.74) is 0. The summed E-state index contributed by atoms with van der Waals surface area (Å²) in [5, 5.41) is 36.2. The molecule has 0 unspecified atom stereocenters. The predicted octanol–water partition coefficient (Wildman–Crippen LogP) is -1.95. The first kappa shape index (κ1) is 9.88. The van der Waals surface area contributed by atoms with Gasteiger partial charge in [0.25, 0.3) is 0 Å². The van der Waals surface area contributed by atoms with Gasteiger partial charge < -0.3 is 25.2 Å². The van der Waals surface area contributed by atoms with Crippen LogP contribution in [0.4, 0.5) is 0 Å². The second-order valence-electron chi connectivity index (χ2n) is 3.09. The largest absolute Gasteiger partial charge is 0.394 e. The molecule has 1 rings (SSSR count). The maximum Gasteiger partial charge on any atom is 0.183 e. The Balaban J connectivity index is 2.63. The molecule has 1 aliphatic heterocycles. The molecule has 1 fully saturated rings. The molecule has 0 aliphatic carbocycles. The summed E-state index contributed by atoms with van der Waals surface area (Å²) in [6.45, 7) is 1.36. The summed E-state index contributed by atoms with van der Waals surface area (Å²) in [5.74, 6) is -0.381. The molecular weight excluding hydrogens is 164 g/mol. The van der Waals surface area contributed by atoms with E-state index in [4.69, 9.17) is 20.1 Å². The van der Waals surface area contributed by atoms with Crippen LogP contribution in [0.15, 0.2) is 0 Å². The number of ether oxygens (including phenoxy) is 1. The summed E-state index contributed by atoms with van der Waals surface area (Å²) in [6, 6.07) is 0. The van der Waals surface area contributed by atoms with Gasteiger partial charge in [0.05, 0.1) is 18.8 Å². The highest BCUT2D eigenvalue weighted by molar-refractivity contribution is 4.85. The lowest BCUT2D eigenvalue weighted by molar-refractivity contribution is -0.271. The van der Waals surface area contributed by atoms with Gasteiger partial charge in [-0.05, 0) is 0 Å². The normalized spacial score (nSPS) is 49.2. The first-order chi connectivity index (χ1) is 5.57. The van der Waals surface area contributed by atoms with Gasteiger partial charge in [0.15, 0.2) is 6.29 Å². The topological polar surface area (TPSA) is 90.2 Å². The molecule has 0 aromatic heterocycles. The molecule has 72 valence electrons.